The first kappa shape index (κ1) is 13.5. The number of benzene rings is 1. The Morgan fingerprint density at radius 2 is 2.11 bits per heavy atom. The highest BCUT2D eigenvalue weighted by molar-refractivity contribution is 9.10. The third-order valence-electron chi connectivity index (χ3n) is 2.88. The number of hydrogen-bond donors (Lipinski definition) is 1. The molecule has 5 heteroatoms. The molecule has 0 fully saturated rings. The molecule has 0 aliphatic heterocycles. The fraction of sp³-hybridized carbons (Fsp3) is 0.385. The molecule has 1 aromatic heterocycles. The number of hydrogen-bond acceptors (Lipinski definition) is 3. The summed E-state index contributed by atoms with van der Waals surface area (Å²) in [6, 6.07) is 4.17. The molecule has 0 bridgehead atoms. The van der Waals surface area contributed by atoms with Gasteiger partial charge in [-0.2, -0.15) is 0 Å². The Morgan fingerprint density at radius 3 is 2.78 bits per heavy atom. The number of carbonyl (C=O) groups is 1. The Labute approximate surface area is 119 Å². The van der Waals surface area contributed by atoms with Gasteiger partial charge in [0.05, 0.1) is 15.0 Å². The second-order valence-corrected chi connectivity index (χ2v) is 6.42. The molecule has 0 unspecified atom stereocenters. The fourth-order valence-electron chi connectivity index (χ4n) is 1.60. The third-order valence-corrected chi connectivity index (χ3v) is 4.87. The Balaban J connectivity index is 2.28. The minimum atomic E-state index is -0.159. The van der Waals surface area contributed by atoms with Gasteiger partial charge in [0.1, 0.15) is 0 Å². The Bertz CT molecular complexity index is 555. The van der Waals surface area contributed by atoms with E-state index < -0.39 is 0 Å². The summed E-state index contributed by atoms with van der Waals surface area (Å²) in [5.74, 6) is -0.0370. The van der Waals surface area contributed by atoms with Crippen LogP contribution in [-0.2, 0) is 4.79 Å². The van der Waals surface area contributed by atoms with Crippen molar-refractivity contribution in [1.82, 2.24) is 4.98 Å². The molecule has 2 aromatic rings. The van der Waals surface area contributed by atoms with Gasteiger partial charge in [0.15, 0.2) is 5.13 Å². The number of amides is 1. The molecule has 1 amide bonds. The van der Waals surface area contributed by atoms with Gasteiger partial charge < -0.3 is 5.32 Å². The van der Waals surface area contributed by atoms with Crippen LogP contribution in [0.1, 0.15) is 24.5 Å². The number of nitrogens with zero attached hydrogens (tertiary/aromatic N) is 1. The van der Waals surface area contributed by atoms with E-state index in [4.69, 9.17) is 0 Å². The highest BCUT2D eigenvalue weighted by Crippen LogP contribution is 2.28. The summed E-state index contributed by atoms with van der Waals surface area (Å²) in [6.07, 6.45) is 0.759. The standard InChI is InChI=1S/C13H15BrN2OS/c1-4-9(14)12(17)16-13-15-10-5-7(2)8(3)6-11(10)18-13/h5-6,9H,4H2,1-3H3,(H,15,16,17)/t9-/m1/s1. The summed E-state index contributed by atoms with van der Waals surface area (Å²) in [5.41, 5.74) is 3.41. The van der Waals surface area contributed by atoms with E-state index in [0.717, 1.165) is 16.6 Å². The number of halogens is 1. The van der Waals surface area contributed by atoms with Crippen LogP contribution in [0.25, 0.3) is 10.2 Å². The molecule has 0 saturated heterocycles. The molecule has 0 aliphatic carbocycles. The topological polar surface area (TPSA) is 42.0 Å². The van der Waals surface area contributed by atoms with Crippen LogP contribution < -0.4 is 5.32 Å². The molecule has 3 nitrogen and oxygen atoms in total. The summed E-state index contributed by atoms with van der Waals surface area (Å²) in [4.78, 5) is 16.0. The van der Waals surface area contributed by atoms with Crippen LogP contribution in [0.2, 0.25) is 0 Å². The zero-order valence-corrected chi connectivity index (χ0v) is 13.0. The van der Waals surface area contributed by atoms with Crippen molar-refractivity contribution in [1.29, 1.82) is 0 Å². The highest BCUT2D eigenvalue weighted by atomic mass is 79.9. The molecule has 96 valence electrons. The van der Waals surface area contributed by atoms with Crippen molar-refractivity contribution in [2.24, 2.45) is 0 Å². The van der Waals surface area contributed by atoms with E-state index in [1.807, 2.05) is 6.92 Å². The number of rotatable bonds is 3. The molecular formula is C13H15BrN2OS. The van der Waals surface area contributed by atoms with E-state index in [2.05, 4.69) is 52.2 Å². The van der Waals surface area contributed by atoms with Crippen LogP contribution in [-0.4, -0.2) is 15.7 Å². The molecule has 0 spiro atoms. The number of alkyl halides is 1. The summed E-state index contributed by atoms with van der Waals surface area (Å²) in [6.45, 7) is 6.11. The van der Waals surface area contributed by atoms with E-state index in [-0.39, 0.29) is 10.7 Å². The minimum absolute atomic E-state index is 0.0370. The number of aryl methyl sites for hydroxylation is 2. The molecule has 0 saturated carbocycles. The van der Waals surface area contributed by atoms with Crippen molar-refractivity contribution >= 4 is 48.5 Å². The summed E-state index contributed by atoms with van der Waals surface area (Å²) in [7, 11) is 0. The molecule has 1 aromatic carbocycles. The van der Waals surface area contributed by atoms with Crippen LogP contribution in [0.3, 0.4) is 0 Å². The molecule has 0 aliphatic rings. The zero-order valence-electron chi connectivity index (χ0n) is 10.6. The van der Waals surface area contributed by atoms with E-state index in [1.54, 1.807) is 0 Å². The third kappa shape index (κ3) is 2.72. The summed E-state index contributed by atoms with van der Waals surface area (Å²) >= 11 is 4.84. The predicted molar refractivity (Wildman–Crippen MR) is 80.7 cm³/mol. The Morgan fingerprint density at radius 1 is 1.44 bits per heavy atom. The van der Waals surface area contributed by atoms with Crippen LogP contribution in [0, 0.1) is 13.8 Å². The zero-order chi connectivity index (χ0) is 13.3. The van der Waals surface area contributed by atoms with Gasteiger partial charge in [-0.25, -0.2) is 4.98 Å². The van der Waals surface area contributed by atoms with Crippen LogP contribution >= 0.6 is 27.3 Å². The van der Waals surface area contributed by atoms with Crippen LogP contribution in [0.15, 0.2) is 12.1 Å². The quantitative estimate of drug-likeness (QED) is 0.865. The van der Waals surface area contributed by atoms with Gasteiger partial charge in [-0.05, 0) is 43.5 Å². The lowest BCUT2D eigenvalue weighted by Crippen LogP contribution is -2.21. The average Bonchev–Trinajstić information content (AvgIpc) is 2.70. The van der Waals surface area contributed by atoms with Crippen molar-refractivity contribution < 1.29 is 4.79 Å². The second-order valence-electron chi connectivity index (χ2n) is 4.29. The largest absolute Gasteiger partial charge is 0.301 e. The molecule has 1 heterocycles. The van der Waals surface area contributed by atoms with Crippen LogP contribution in [0.4, 0.5) is 5.13 Å². The van der Waals surface area contributed by atoms with Gasteiger partial charge in [-0.15, -0.1) is 0 Å². The van der Waals surface area contributed by atoms with Crippen molar-refractivity contribution in [3.05, 3.63) is 23.3 Å². The normalized spacial score (nSPS) is 12.7. The van der Waals surface area contributed by atoms with E-state index >= 15 is 0 Å². The first-order chi connectivity index (χ1) is 8.51. The van der Waals surface area contributed by atoms with Gasteiger partial charge >= 0.3 is 0 Å². The lowest BCUT2D eigenvalue weighted by molar-refractivity contribution is -0.115. The number of thiazole rings is 1. The molecule has 1 atom stereocenters. The highest BCUT2D eigenvalue weighted by Gasteiger charge is 2.14. The maximum absolute atomic E-state index is 11.8. The maximum Gasteiger partial charge on any atom is 0.239 e. The Hall–Kier alpha value is -0.940. The lowest BCUT2D eigenvalue weighted by Gasteiger charge is -2.04. The van der Waals surface area contributed by atoms with Crippen molar-refractivity contribution in [3.8, 4) is 0 Å². The number of fused-ring (bicyclic) bond motifs is 1. The molecule has 0 radical (unpaired) electrons. The predicted octanol–water partition coefficient (Wildman–Crippen LogP) is 4.03. The smallest absolute Gasteiger partial charge is 0.239 e. The molecule has 1 N–H and O–H groups in total. The average molecular weight is 327 g/mol. The van der Waals surface area contributed by atoms with Crippen molar-refractivity contribution in [2.75, 3.05) is 5.32 Å². The molecule has 2 rings (SSSR count). The van der Waals surface area contributed by atoms with Crippen molar-refractivity contribution in [3.63, 3.8) is 0 Å². The van der Waals surface area contributed by atoms with Gasteiger partial charge in [0, 0.05) is 0 Å². The van der Waals surface area contributed by atoms with Crippen molar-refractivity contribution in [2.45, 2.75) is 32.0 Å². The summed E-state index contributed by atoms with van der Waals surface area (Å²) in [5, 5.41) is 3.51. The molecule has 18 heavy (non-hydrogen) atoms. The lowest BCUT2D eigenvalue weighted by atomic mass is 10.1. The SMILES string of the molecule is CC[C@@H](Br)C(=O)Nc1nc2cc(C)c(C)cc2s1. The van der Waals surface area contributed by atoms with Gasteiger partial charge in [-0.3, -0.25) is 4.79 Å². The number of aromatic nitrogens is 1. The first-order valence-corrected chi connectivity index (χ1v) is 7.57. The minimum Gasteiger partial charge on any atom is -0.301 e. The fourth-order valence-corrected chi connectivity index (χ4v) is 2.67. The van der Waals surface area contributed by atoms with Gasteiger partial charge in [0.25, 0.3) is 0 Å². The monoisotopic (exact) mass is 326 g/mol. The number of nitrogens with one attached hydrogen (secondary N) is 1. The number of carbonyl (C=O) groups excluding carboxylic acids is 1. The van der Waals surface area contributed by atoms with E-state index in [1.165, 1.54) is 22.5 Å². The summed E-state index contributed by atoms with van der Waals surface area (Å²) < 4.78 is 1.11. The second kappa shape index (κ2) is 5.36. The van der Waals surface area contributed by atoms with Gasteiger partial charge in [0.2, 0.25) is 5.91 Å². The first-order valence-electron chi connectivity index (χ1n) is 5.84. The van der Waals surface area contributed by atoms with E-state index in [0.29, 0.717) is 5.13 Å². The van der Waals surface area contributed by atoms with Crippen LogP contribution in [0.5, 0.6) is 0 Å². The Kier molecular flexibility index (Phi) is 4.02. The number of anilines is 1. The molecular weight excluding hydrogens is 312 g/mol. The maximum atomic E-state index is 11.8. The van der Waals surface area contributed by atoms with E-state index in [9.17, 15) is 4.79 Å². The van der Waals surface area contributed by atoms with Gasteiger partial charge in [-0.1, -0.05) is 34.2 Å².